The molecule has 0 aromatic carbocycles. The fraction of sp³-hybridized carbons (Fsp3) is 0.667. The van der Waals surface area contributed by atoms with E-state index in [9.17, 15) is 10.2 Å². The molecule has 1 rings (SSSR count). The van der Waals surface area contributed by atoms with Crippen molar-refractivity contribution in [3.05, 3.63) is 18.0 Å². The van der Waals surface area contributed by atoms with Crippen LogP contribution in [-0.4, -0.2) is 26.1 Å². The minimum atomic E-state index is -0.888. The van der Waals surface area contributed by atoms with Crippen LogP contribution in [0.25, 0.3) is 0 Å². The largest absolute Gasteiger partial charge is 0.390 e. The Kier molecular flexibility index (Phi) is 3.06. The van der Waals surface area contributed by atoms with Crippen LogP contribution >= 0.6 is 0 Å². The van der Waals surface area contributed by atoms with Gasteiger partial charge in [-0.2, -0.15) is 5.10 Å². The van der Waals surface area contributed by atoms with Crippen LogP contribution in [0.4, 0.5) is 0 Å². The molecule has 0 bridgehead atoms. The highest BCUT2D eigenvalue weighted by atomic mass is 16.3. The Morgan fingerprint density at radius 2 is 2.00 bits per heavy atom. The van der Waals surface area contributed by atoms with Crippen LogP contribution < -0.4 is 0 Å². The molecule has 1 aromatic heterocycles. The molecular formula is C9H16N2O2. The SMILES string of the molecule is CC(C)C(O)C(O)c1ccn(C)n1. The molecule has 1 heterocycles. The molecule has 2 N–H and O–H groups in total. The summed E-state index contributed by atoms with van der Waals surface area (Å²) in [5.41, 5.74) is 0.517. The van der Waals surface area contributed by atoms with Crippen LogP contribution in [0.3, 0.4) is 0 Å². The third-order valence-electron chi connectivity index (χ3n) is 2.04. The summed E-state index contributed by atoms with van der Waals surface area (Å²) in [7, 11) is 1.78. The lowest BCUT2D eigenvalue weighted by Crippen LogP contribution is -2.24. The summed E-state index contributed by atoms with van der Waals surface area (Å²) in [5.74, 6) is 0.0250. The van der Waals surface area contributed by atoms with Crippen LogP contribution in [0.15, 0.2) is 12.3 Å². The highest BCUT2D eigenvalue weighted by Gasteiger charge is 2.22. The number of hydrogen-bond acceptors (Lipinski definition) is 3. The Bertz CT molecular complexity index is 270. The van der Waals surface area contributed by atoms with Gasteiger partial charge in [-0.05, 0) is 12.0 Å². The summed E-state index contributed by atoms with van der Waals surface area (Å²) in [5, 5.41) is 23.2. The van der Waals surface area contributed by atoms with Gasteiger partial charge >= 0.3 is 0 Å². The van der Waals surface area contributed by atoms with Gasteiger partial charge in [-0.25, -0.2) is 0 Å². The van der Waals surface area contributed by atoms with Gasteiger partial charge in [0.15, 0.2) is 0 Å². The van der Waals surface area contributed by atoms with Gasteiger partial charge in [0, 0.05) is 13.2 Å². The Morgan fingerprint density at radius 3 is 2.38 bits per heavy atom. The van der Waals surface area contributed by atoms with E-state index < -0.39 is 12.2 Å². The molecule has 0 fully saturated rings. The summed E-state index contributed by atoms with van der Waals surface area (Å²) in [6.45, 7) is 3.72. The van der Waals surface area contributed by atoms with Crippen molar-refractivity contribution >= 4 is 0 Å². The maximum atomic E-state index is 9.65. The van der Waals surface area contributed by atoms with Gasteiger partial charge in [0.05, 0.1) is 11.8 Å². The first kappa shape index (κ1) is 10.2. The molecule has 0 saturated carbocycles. The fourth-order valence-corrected chi connectivity index (χ4v) is 1.13. The van der Waals surface area contributed by atoms with E-state index in [2.05, 4.69) is 5.10 Å². The minimum absolute atomic E-state index is 0.0250. The van der Waals surface area contributed by atoms with Gasteiger partial charge in [0.2, 0.25) is 0 Å². The summed E-state index contributed by atoms with van der Waals surface area (Å²) in [6, 6.07) is 1.70. The second-order valence-electron chi connectivity index (χ2n) is 3.59. The van der Waals surface area contributed by atoms with E-state index >= 15 is 0 Å². The average molecular weight is 184 g/mol. The molecule has 0 aliphatic heterocycles. The number of aliphatic hydroxyl groups is 2. The van der Waals surface area contributed by atoms with Crippen LogP contribution in [0, 0.1) is 5.92 Å². The van der Waals surface area contributed by atoms with Crippen LogP contribution in [0.1, 0.15) is 25.6 Å². The standard InChI is InChI=1S/C9H16N2O2/c1-6(2)8(12)9(13)7-4-5-11(3)10-7/h4-6,8-9,12-13H,1-3H3. The quantitative estimate of drug-likeness (QED) is 0.718. The number of aryl methyl sites for hydroxylation is 1. The summed E-state index contributed by atoms with van der Waals surface area (Å²) in [6.07, 6.45) is 0.0992. The molecule has 0 saturated heterocycles. The number of rotatable bonds is 3. The molecule has 4 heteroatoms. The van der Waals surface area contributed by atoms with Crippen molar-refractivity contribution < 1.29 is 10.2 Å². The third-order valence-corrected chi connectivity index (χ3v) is 2.04. The predicted octanol–water partition coefficient (Wildman–Crippen LogP) is 0.470. The first-order valence-corrected chi connectivity index (χ1v) is 4.38. The van der Waals surface area contributed by atoms with Crippen molar-refractivity contribution in [2.45, 2.75) is 26.1 Å². The smallest absolute Gasteiger partial charge is 0.124 e. The minimum Gasteiger partial charge on any atom is -0.390 e. The molecule has 0 amide bonds. The second-order valence-corrected chi connectivity index (χ2v) is 3.59. The molecule has 2 unspecified atom stereocenters. The van der Waals surface area contributed by atoms with Crippen molar-refractivity contribution in [2.24, 2.45) is 13.0 Å². The molecule has 0 spiro atoms. The van der Waals surface area contributed by atoms with Crippen LogP contribution in [0.2, 0.25) is 0 Å². The van der Waals surface area contributed by atoms with Crippen molar-refractivity contribution in [1.82, 2.24) is 9.78 Å². The molecular weight excluding hydrogens is 168 g/mol. The summed E-state index contributed by atoms with van der Waals surface area (Å²) in [4.78, 5) is 0. The van der Waals surface area contributed by atoms with Gasteiger partial charge in [0.25, 0.3) is 0 Å². The van der Waals surface area contributed by atoms with Gasteiger partial charge < -0.3 is 10.2 Å². The first-order valence-electron chi connectivity index (χ1n) is 4.38. The zero-order chi connectivity index (χ0) is 10.0. The summed E-state index contributed by atoms with van der Waals surface area (Å²) >= 11 is 0. The van der Waals surface area contributed by atoms with Gasteiger partial charge in [-0.15, -0.1) is 0 Å². The van der Waals surface area contributed by atoms with E-state index in [1.54, 1.807) is 24.0 Å². The van der Waals surface area contributed by atoms with E-state index in [-0.39, 0.29) is 5.92 Å². The molecule has 13 heavy (non-hydrogen) atoms. The maximum absolute atomic E-state index is 9.65. The molecule has 2 atom stereocenters. The van der Waals surface area contributed by atoms with Gasteiger partial charge in [-0.3, -0.25) is 4.68 Å². The zero-order valence-electron chi connectivity index (χ0n) is 8.18. The molecule has 0 aliphatic carbocycles. The van der Waals surface area contributed by atoms with E-state index in [1.165, 1.54) is 0 Å². The molecule has 1 aromatic rings. The van der Waals surface area contributed by atoms with Gasteiger partial charge in [-0.1, -0.05) is 13.8 Å². The van der Waals surface area contributed by atoms with E-state index in [4.69, 9.17) is 0 Å². The van der Waals surface area contributed by atoms with Gasteiger partial charge in [0.1, 0.15) is 6.10 Å². The lowest BCUT2D eigenvalue weighted by Gasteiger charge is -2.19. The number of aliphatic hydroxyl groups excluding tert-OH is 2. The topological polar surface area (TPSA) is 58.3 Å². The van der Waals surface area contributed by atoms with Crippen LogP contribution in [0.5, 0.6) is 0 Å². The van der Waals surface area contributed by atoms with Crippen molar-refractivity contribution in [1.29, 1.82) is 0 Å². The molecule has 0 aliphatic rings. The van der Waals surface area contributed by atoms with E-state index in [0.717, 1.165) is 0 Å². The Morgan fingerprint density at radius 1 is 1.38 bits per heavy atom. The fourth-order valence-electron chi connectivity index (χ4n) is 1.13. The summed E-state index contributed by atoms with van der Waals surface area (Å²) < 4.78 is 1.60. The van der Waals surface area contributed by atoms with Crippen molar-refractivity contribution in [3.63, 3.8) is 0 Å². The monoisotopic (exact) mass is 184 g/mol. The zero-order valence-corrected chi connectivity index (χ0v) is 8.18. The van der Waals surface area contributed by atoms with Crippen molar-refractivity contribution in [3.8, 4) is 0 Å². The first-order chi connectivity index (χ1) is 6.02. The predicted molar refractivity (Wildman–Crippen MR) is 49.0 cm³/mol. The number of hydrogen-bond donors (Lipinski definition) is 2. The Labute approximate surface area is 77.8 Å². The highest BCUT2D eigenvalue weighted by molar-refractivity contribution is 5.04. The van der Waals surface area contributed by atoms with Crippen molar-refractivity contribution in [2.75, 3.05) is 0 Å². The molecule has 4 nitrogen and oxygen atoms in total. The van der Waals surface area contributed by atoms with E-state index in [1.807, 2.05) is 13.8 Å². The lowest BCUT2D eigenvalue weighted by atomic mass is 10.00. The van der Waals surface area contributed by atoms with Crippen LogP contribution in [-0.2, 0) is 7.05 Å². The average Bonchev–Trinajstić information content (AvgIpc) is 2.49. The van der Waals surface area contributed by atoms with E-state index in [0.29, 0.717) is 5.69 Å². The number of nitrogens with zero attached hydrogens (tertiary/aromatic N) is 2. The highest BCUT2D eigenvalue weighted by Crippen LogP contribution is 2.19. The molecule has 74 valence electrons. The number of aromatic nitrogens is 2. The third kappa shape index (κ3) is 2.29. The molecule has 0 radical (unpaired) electrons. The second kappa shape index (κ2) is 3.89. The normalized spacial score (nSPS) is 16.2. The lowest BCUT2D eigenvalue weighted by molar-refractivity contribution is -0.0119. The Hall–Kier alpha value is -0.870. The Balaban J connectivity index is 2.73. The maximum Gasteiger partial charge on any atom is 0.124 e.